The third kappa shape index (κ3) is 4.93. The number of anilines is 2. The van der Waals surface area contributed by atoms with E-state index in [-0.39, 0.29) is 0 Å². The zero-order chi connectivity index (χ0) is 18.2. The molecule has 0 amide bonds. The summed E-state index contributed by atoms with van der Waals surface area (Å²) in [6.07, 6.45) is 0. The Labute approximate surface area is 160 Å². The third-order valence-electron chi connectivity index (χ3n) is 4.15. The predicted molar refractivity (Wildman–Crippen MR) is 110 cm³/mol. The lowest BCUT2D eigenvalue weighted by molar-refractivity contribution is 0.307. The summed E-state index contributed by atoms with van der Waals surface area (Å²) in [7, 11) is 0. The van der Waals surface area contributed by atoms with Gasteiger partial charge < -0.3 is 15.4 Å². The van der Waals surface area contributed by atoms with Crippen LogP contribution < -0.4 is 15.4 Å². The van der Waals surface area contributed by atoms with E-state index in [0.29, 0.717) is 6.61 Å². The molecule has 134 valence electrons. The maximum Gasteiger partial charge on any atom is 0.142 e. The summed E-state index contributed by atoms with van der Waals surface area (Å²) in [5, 5.41) is 7.63. The summed E-state index contributed by atoms with van der Waals surface area (Å²) < 4.78 is 5.97. The lowest BCUT2D eigenvalue weighted by Gasteiger charge is -2.15. The molecule has 0 aliphatic rings. The lowest BCUT2D eigenvalue weighted by Crippen LogP contribution is -2.14. The number of benzene rings is 3. The van der Waals surface area contributed by atoms with Crippen molar-refractivity contribution in [3.63, 3.8) is 0 Å². The maximum absolute atomic E-state index is 6.16. The Bertz CT molecular complexity index is 837. The van der Waals surface area contributed by atoms with E-state index in [1.807, 2.05) is 67.6 Å². The highest BCUT2D eigenvalue weighted by atomic mass is 35.5. The Hall–Kier alpha value is -2.65. The van der Waals surface area contributed by atoms with Gasteiger partial charge in [-0.05, 0) is 42.3 Å². The van der Waals surface area contributed by atoms with Crippen molar-refractivity contribution in [2.24, 2.45) is 0 Å². The molecule has 3 nitrogen and oxygen atoms in total. The van der Waals surface area contributed by atoms with Crippen LogP contribution in [-0.2, 0) is 6.61 Å². The van der Waals surface area contributed by atoms with Gasteiger partial charge >= 0.3 is 0 Å². The lowest BCUT2D eigenvalue weighted by atomic mass is 10.2. The normalized spacial score (nSPS) is 10.4. The first kappa shape index (κ1) is 18.2. The van der Waals surface area contributed by atoms with Crippen molar-refractivity contribution in [1.29, 1.82) is 0 Å². The molecule has 0 saturated heterocycles. The quantitative estimate of drug-likeness (QED) is 0.498. The smallest absolute Gasteiger partial charge is 0.142 e. The van der Waals surface area contributed by atoms with Crippen LogP contribution in [0.25, 0.3) is 0 Å². The van der Waals surface area contributed by atoms with Gasteiger partial charge in [-0.2, -0.15) is 0 Å². The van der Waals surface area contributed by atoms with Crippen molar-refractivity contribution in [3.8, 4) is 5.75 Å². The van der Waals surface area contributed by atoms with Crippen molar-refractivity contribution in [2.75, 3.05) is 23.7 Å². The minimum Gasteiger partial charge on any atom is -0.487 e. The van der Waals surface area contributed by atoms with Gasteiger partial charge in [-0.3, -0.25) is 0 Å². The summed E-state index contributed by atoms with van der Waals surface area (Å²) >= 11 is 6.16. The van der Waals surface area contributed by atoms with Gasteiger partial charge in [-0.25, -0.2) is 0 Å². The predicted octanol–water partition coefficient (Wildman–Crippen LogP) is 5.75. The summed E-state index contributed by atoms with van der Waals surface area (Å²) in [6.45, 7) is 4.14. The molecule has 0 bridgehead atoms. The second kappa shape index (κ2) is 9.16. The second-order valence-corrected chi connectivity index (χ2v) is 6.44. The Balaban J connectivity index is 1.52. The molecule has 3 rings (SSSR count). The number of ether oxygens (including phenoxy) is 1. The Kier molecular flexibility index (Phi) is 6.39. The number of halogens is 1. The highest BCUT2D eigenvalue weighted by Crippen LogP contribution is 2.25. The van der Waals surface area contributed by atoms with E-state index in [2.05, 4.69) is 22.8 Å². The third-order valence-corrected chi connectivity index (χ3v) is 4.56. The van der Waals surface area contributed by atoms with Crippen molar-refractivity contribution in [3.05, 3.63) is 88.9 Å². The van der Waals surface area contributed by atoms with Crippen molar-refractivity contribution in [2.45, 2.75) is 13.5 Å². The molecular formula is C22H23ClN2O. The molecule has 0 aliphatic heterocycles. The van der Waals surface area contributed by atoms with Gasteiger partial charge in [0.2, 0.25) is 0 Å². The molecule has 3 aromatic rings. The van der Waals surface area contributed by atoms with Crippen LogP contribution in [0.2, 0.25) is 5.02 Å². The summed E-state index contributed by atoms with van der Waals surface area (Å²) in [4.78, 5) is 0. The van der Waals surface area contributed by atoms with E-state index < -0.39 is 0 Å². The largest absolute Gasteiger partial charge is 0.487 e. The van der Waals surface area contributed by atoms with Crippen LogP contribution in [0.1, 0.15) is 11.1 Å². The Morgan fingerprint density at radius 2 is 1.42 bits per heavy atom. The molecule has 0 aliphatic carbocycles. The molecule has 0 fully saturated rings. The molecule has 0 unspecified atom stereocenters. The zero-order valence-electron chi connectivity index (χ0n) is 14.8. The fourth-order valence-corrected chi connectivity index (χ4v) is 2.84. The SMILES string of the molecule is Cc1c(Cl)cccc1NCCNc1ccccc1OCc1ccccc1. The fourth-order valence-electron chi connectivity index (χ4n) is 2.67. The second-order valence-electron chi connectivity index (χ2n) is 6.04. The van der Waals surface area contributed by atoms with E-state index in [1.165, 1.54) is 0 Å². The first-order chi connectivity index (χ1) is 12.7. The summed E-state index contributed by atoms with van der Waals surface area (Å²) in [5.41, 5.74) is 4.28. The number of nitrogens with one attached hydrogen (secondary N) is 2. The first-order valence-electron chi connectivity index (χ1n) is 8.72. The van der Waals surface area contributed by atoms with Crippen LogP contribution in [0, 0.1) is 6.92 Å². The molecule has 0 spiro atoms. The van der Waals surface area contributed by atoms with Gasteiger partial charge in [0, 0.05) is 23.8 Å². The number of rotatable bonds is 8. The van der Waals surface area contributed by atoms with Crippen LogP contribution in [0.15, 0.2) is 72.8 Å². The van der Waals surface area contributed by atoms with E-state index in [9.17, 15) is 0 Å². The highest BCUT2D eigenvalue weighted by molar-refractivity contribution is 6.31. The minimum atomic E-state index is 0.555. The molecule has 4 heteroatoms. The molecule has 0 aromatic heterocycles. The van der Waals surface area contributed by atoms with Crippen LogP contribution in [-0.4, -0.2) is 13.1 Å². The van der Waals surface area contributed by atoms with Crippen molar-refractivity contribution < 1.29 is 4.74 Å². The van der Waals surface area contributed by atoms with Gasteiger partial charge in [0.15, 0.2) is 0 Å². The number of hydrogen-bond donors (Lipinski definition) is 2. The van der Waals surface area contributed by atoms with Gasteiger partial charge in [0.1, 0.15) is 12.4 Å². The van der Waals surface area contributed by atoms with E-state index in [4.69, 9.17) is 16.3 Å². The highest BCUT2D eigenvalue weighted by Gasteiger charge is 2.04. The Morgan fingerprint density at radius 3 is 2.23 bits per heavy atom. The molecule has 0 heterocycles. The zero-order valence-corrected chi connectivity index (χ0v) is 15.6. The molecular weight excluding hydrogens is 344 g/mol. The number of hydrogen-bond acceptors (Lipinski definition) is 3. The first-order valence-corrected chi connectivity index (χ1v) is 9.10. The maximum atomic E-state index is 6.16. The van der Waals surface area contributed by atoms with E-state index in [0.717, 1.165) is 46.4 Å². The molecule has 26 heavy (non-hydrogen) atoms. The summed E-state index contributed by atoms with van der Waals surface area (Å²) in [6, 6.07) is 24.1. The number of para-hydroxylation sites is 2. The van der Waals surface area contributed by atoms with Crippen molar-refractivity contribution >= 4 is 23.0 Å². The average Bonchev–Trinajstić information content (AvgIpc) is 2.68. The van der Waals surface area contributed by atoms with Gasteiger partial charge in [-0.1, -0.05) is 60.1 Å². The molecule has 0 saturated carbocycles. The Morgan fingerprint density at radius 1 is 0.769 bits per heavy atom. The minimum absolute atomic E-state index is 0.555. The monoisotopic (exact) mass is 366 g/mol. The van der Waals surface area contributed by atoms with E-state index in [1.54, 1.807) is 0 Å². The molecule has 0 atom stereocenters. The fraction of sp³-hybridized carbons (Fsp3) is 0.182. The van der Waals surface area contributed by atoms with Crippen LogP contribution >= 0.6 is 11.6 Å². The van der Waals surface area contributed by atoms with Gasteiger partial charge in [0.25, 0.3) is 0 Å². The van der Waals surface area contributed by atoms with Crippen LogP contribution in [0.5, 0.6) is 5.75 Å². The van der Waals surface area contributed by atoms with Crippen molar-refractivity contribution in [1.82, 2.24) is 0 Å². The molecule has 3 aromatic carbocycles. The molecule has 0 radical (unpaired) electrons. The average molecular weight is 367 g/mol. The van der Waals surface area contributed by atoms with Gasteiger partial charge in [-0.15, -0.1) is 0 Å². The molecule has 2 N–H and O–H groups in total. The van der Waals surface area contributed by atoms with Gasteiger partial charge in [0.05, 0.1) is 5.69 Å². The standard InChI is InChI=1S/C22H23ClN2O/c1-17-19(23)10-7-12-20(17)24-14-15-25-21-11-5-6-13-22(21)26-16-18-8-3-2-4-9-18/h2-13,24-25H,14-16H2,1H3. The van der Waals surface area contributed by atoms with E-state index >= 15 is 0 Å². The summed E-state index contributed by atoms with van der Waals surface area (Å²) in [5.74, 6) is 0.857. The van der Waals surface area contributed by atoms with Crippen LogP contribution in [0.3, 0.4) is 0 Å². The van der Waals surface area contributed by atoms with Crippen LogP contribution in [0.4, 0.5) is 11.4 Å². The topological polar surface area (TPSA) is 33.3 Å².